The zero-order valence-corrected chi connectivity index (χ0v) is 9.18. The number of halogens is 1. The van der Waals surface area contributed by atoms with Crippen LogP contribution in [0.5, 0.6) is 0 Å². The molecule has 0 atom stereocenters. The number of furan rings is 1. The highest BCUT2D eigenvalue weighted by Crippen LogP contribution is 2.20. The Bertz CT molecular complexity index is 397. The van der Waals surface area contributed by atoms with Gasteiger partial charge in [-0.05, 0) is 34.5 Å². The van der Waals surface area contributed by atoms with Gasteiger partial charge in [0.05, 0.1) is 0 Å². The highest BCUT2D eigenvalue weighted by Gasteiger charge is 2.09. The van der Waals surface area contributed by atoms with Gasteiger partial charge < -0.3 is 4.42 Å². The van der Waals surface area contributed by atoms with E-state index in [9.17, 15) is 8.42 Å². The van der Waals surface area contributed by atoms with Crippen molar-refractivity contribution in [2.45, 2.75) is 13.5 Å². The van der Waals surface area contributed by atoms with Crippen molar-refractivity contribution >= 4 is 26.2 Å². The van der Waals surface area contributed by atoms with Crippen molar-refractivity contribution in [1.82, 2.24) is 0 Å². The van der Waals surface area contributed by atoms with Crippen LogP contribution in [-0.2, 0) is 21.1 Å². The monoisotopic (exact) mass is 269 g/mol. The third-order valence-corrected chi connectivity index (χ3v) is 2.18. The van der Waals surface area contributed by atoms with Gasteiger partial charge in [0.25, 0.3) is 0 Å². The topological polar surface area (TPSA) is 82.5 Å². The van der Waals surface area contributed by atoms with Crippen molar-refractivity contribution in [2.24, 2.45) is 5.14 Å². The summed E-state index contributed by atoms with van der Waals surface area (Å²) in [5, 5.41) is 4.64. The lowest BCUT2D eigenvalue weighted by Crippen LogP contribution is -2.15. The third-order valence-electron chi connectivity index (χ3n) is 1.34. The maximum atomic E-state index is 10.4. The number of rotatable bonds is 3. The molecule has 2 N–H and O–H groups in total. The van der Waals surface area contributed by atoms with Gasteiger partial charge in [-0.3, -0.25) is 4.18 Å². The minimum atomic E-state index is -3.91. The lowest BCUT2D eigenvalue weighted by atomic mass is 10.3. The Morgan fingerprint density at radius 2 is 2.31 bits per heavy atom. The molecule has 0 bridgehead atoms. The summed E-state index contributed by atoms with van der Waals surface area (Å²) >= 11 is 3.10. The molecule has 0 amide bonds. The summed E-state index contributed by atoms with van der Waals surface area (Å²) in [4.78, 5) is 0. The summed E-state index contributed by atoms with van der Waals surface area (Å²) in [5.41, 5.74) is 0.801. The predicted octanol–water partition coefficient (Wildman–Crippen LogP) is 1.07. The second-order valence-corrected chi connectivity index (χ2v) is 4.41. The van der Waals surface area contributed by atoms with E-state index in [1.807, 2.05) is 0 Å². The van der Waals surface area contributed by atoms with Crippen molar-refractivity contribution in [3.8, 4) is 0 Å². The third kappa shape index (κ3) is 3.47. The molecule has 1 heterocycles. The van der Waals surface area contributed by atoms with Gasteiger partial charge in [0.15, 0.2) is 4.67 Å². The molecule has 13 heavy (non-hydrogen) atoms. The van der Waals surface area contributed by atoms with Crippen LogP contribution >= 0.6 is 15.9 Å². The van der Waals surface area contributed by atoms with E-state index < -0.39 is 10.3 Å². The van der Waals surface area contributed by atoms with Gasteiger partial charge in [-0.2, -0.15) is 8.42 Å². The molecule has 0 saturated carbocycles. The summed E-state index contributed by atoms with van der Waals surface area (Å²) in [6.45, 7) is 1.59. The zero-order valence-electron chi connectivity index (χ0n) is 6.78. The van der Waals surface area contributed by atoms with E-state index >= 15 is 0 Å². The number of aryl methyl sites for hydroxylation is 1. The van der Waals surface area contributed by atoms with Gasteiger partial charge in [-0.25, -0.2) is 5.14 Å². The first-order chi connectivity index (χ1) is 5.88. The second-order valence-electron chi connectivity index (χ2n) is 2.41. The van der Waals surface area contributed by atoms with Crippen molar-refractivity contribution in [3.63, 3.8) is 0 Å². The summed E-state index contributed by atoms with van der Waals surface area (Å²) in [5.74, 6) is 0.431. The van der Waals surface area contributed by atoms with Gasteiger partial charge >= 0.3 is 10.3 Å². The van der Waals surface area contributed by atoms with Gasteiger partial charge in [-0.15, -0.1) is 0 Å². The van der Waals surface area contributed by atoms with Crippen molar-refractivity contribution in [3.05, 3.63) is 22.1 Å². The van der Waals surface area contributed by atoms with Gasteiger partial charge in [0.2, 0.25) is 0 Å². The number of hydrogen-bond acceptors (Lipinski definition) is 4. The lowest BCUT2D eigenvalue weighted by Gasteiger charge is -1.98. The molecule has 0 aliphatic carbocycles. The van der Waals surface area contributed by atoms with E-state index in [0.29, 0.717) is 10.4 Å². The summed E-state index contributed by atoms with van der Waals surface area (Å²) in [6, 6.07) is 1.71. The standard InChI is InChI=1S/C6H8BrNO4S/c1-4-2-6(7)12-5(4)3-11-13(8,9)10/h2H,3H2,1H3,(H2,8,9,10). The first kappa shape index (κ1) is 10.7. The van der Waals surface area contributed by atoms with E-state index in [1.165, 1.54) is 0 Å². The smallest absolute Gasteiger partial charge is 0.333 e. The Kier molecular flexibility index (Phi) is 3.12. The molecule has 1 rings (SSSR count). The van der Waals surface area contributed by atoms with E-state index in [4.69, 9.17) is 4.42 Å². The van der Waals surface area contributed by atoms with Crippen molar-refractivity contribution < 1.29 is 17.0 Å². The molecule has 0 aliphatic rings. The van der Waals surface area contributed by atoms with E-state index in [0.717, 1.165) is 5.56 Å². The fraction of sp³-hybridized carbons (Fsp3) is 0.333. The Morgan fingerprint density at radius 3 is 2.69 bits per heavy atom. The van der Waals surface area contributed by atoms with Gasteiger partial charge in [0, 0.05) is 0 Å². The highest BCUT2D eigenvalue weighted by atomic mass is 79.9. The molecule has 0 unspecified atom stereocenters. The normalized spacial score (nSPS) is 11.9. The quantitative estimate of drug-likeness (QED) is 0.890. The summed E-state index contributed by atoms with van der Waals surface area (Å²) in [6.07, 6.45) is 0. The Morgan fingerprint density at radius 1 is 1.69 bits per heavy atom. The van der Waals surface area contributed by atoms with Crippen LogP contribution in [0.15, 0.2) is 15.2 Å². The largest absolute Gasteiger partial charge is 0.452 e. The molecular formula is C6H8BrNO4S. The number of hydrogen-bond donors (Lipinski definition) is 1. The molecule has 0 aliphatic heterocycles. The van der Waals surface area contributed by atoms with Crippen LogP contribution < -0.4 is 5.14 Å². The number of nitrogens with two attached hydrogens (primary N) is 1. The van der Waals surface area contributed by atoms with Crippen LogP contribution in [0, 0.1) is 6.92 Å². The molecule has 0 radical (unpaired) electrons. The Balaban J connectivity index is 2.70. The van der Waals surface area contributed by atoms with Crippen LogP contribution in [0.25, 0.3) is 0 Å². The van der Waals surface area contributed by atoms with E-state index in [1.54, 1.807) is 13.0 Å². The molecular weight excluding hydrogens is 262 g/mol. The minimum Gasteiger partial charge on any atom is -0.452 e. The van der Waals surface area contributed by atoms with Crippen LogP contribution in [-0.4, -0.2) is 8.42 Å². The second kappa shape index (κ2) is 3.79. The average Bonchev–Trinajstić information content (AvgIpc) is 2.24. The van der Waals surface area contributed by atoms with Crippen LogP contribution in [0.4, 0.5) is 0 Å². The maximum Gasteiger partial charge on any atom is 0.333 e. The van der Waals surface area contributed by atoms with Crippen LogP contribution in [0.3, 0.4) is 0 Å². The van der Waals surface area contributed by atoms with Gasteiger partial charge in [-0.1, -0.05) is 0 Å². The molecule has 1 aromatic rings. The molecule has 0 saturated heterocycles. The highest BCUT2D eigenvalue weighted by molar-refractivity contribution is 9.10. The summed E-state index contributed by atoms with van der Waals surface area (Å²) in [7, 11) is -3.91. The molecule has 0 aromatic carbocycles. The van der Waals surface area contributed by atoms with Crippen LogP contribution in [0.2, 0.25) is 0 Å². The molecule has 7 heteroatoms. The van der Waals surface area contributed by atoms with E-state index in [2.05, 4.69) is 25.3 Å². The molecule has 0 spiro atoms. The maximum absolute atomic E-state index is 10.4. The molecule has 5 nitrogen and oxygen atoms in total. The zero-order chi connectivity index (χ0) is 10.1. The lowest BCUT2D eigenvalue weighted by molar-refractivity contribution is 0.271. The summed E-state index contributed by atoms with van der Waals surface area (Å²) < 4.78 is 30.8. The Labute approximate surface area is 84.2 Å². The van der Waals surface area contributed by atoms with Gasteiger partial charge in [0.1, 0.15) is 12.4 Å². The van der Waals surface area contributed by atoms with E-state index in [-0.39, 0.29) is 6.61 Å². The first-order valence-electron chi connectivity index (χ1n) is 3.30. The SMILES string of the molecule is Cc1cc(Br)oc1COS(N)(=O)=O. The molecule has 0 fully saturated rings. The van der Waals surface area contributed by atoms with Crippen molar-refractivity contribution in [1.29, 1.82) is 0 Å². The Hall–Kier alpha value is -0.370. The van der Waals surface area contributed by atoms with Crippen LogP contribution in [0.1, 0.15) is 11.3 Å². The fourth-order valence-corrected chi connectivity index (χ4v) is 1.57. The van der Waals surface area contributed by atoms with Crippen molar-refractivity contribution in [2.75, 3.05) is 0 Å². The fourth-order valence-electron chi connectivity index (χ4n) is 0.757. The molecule has 1 aromatic heterocycles. The first-order valence-corrected chi connectivity index (χ1v) is 5.57. The molecule has 74 valence electrons. The average molecular weight is 270 g/mol. The minimum absolute atomic E-state index is 0.184. The predicted molar refractivity (Wildman–Crippen MR) is 49.0 cm³/mol.